The van der Waals surface area contributed by atoms with Crippen LogP contribution in [0.2, 0.25) is 18.1 Å². The predicted octanol–water partition coefficient (Wildman–Crippen LogP) is 4.81. The third-order valence-corrected chi connectivity index (χ3v) is 11.9. The van der Waals surface area contributed by atoms with Crippen LogP contribution >= 0.6 is 0 Å². The van der Waals surface area contributed by atoms with Crippen molar-refractivity contribution in [3.8, 4) is 5.75 Å². The largest absolute Gasteiger partial charge is 0.497 e. The van der Waals surface area contributed by atoms with Crippen molar-refractivity contribution >= 4 is 14.1 Å². The zero-order chi connectivity index (χ0) is 23.6. The SMILES string of the molecule is COc1ccc([C@@H](C(=O)[C@@H]2COC3(CCCCC3)O2)[C@@H](O)CO[Si](C)(C)C(C)(C)C)cc1. The van der Waals surface area contributed by atoms with Crippen molar-refractivity contribution in [2.45, 2.75) is 94.9 Å². The molecule has 7 heteroatoms. The van der Waals surface area contributed by atoms with E-state index < -0.39 is 32.2 Å². The first-order valence-electron chi connectivity index (χ1n) is 11.8. The van der Waals surface area contributed by atoms with Gasteiger partial charge in [0.2, 0.25) is 0 Å². The highest BCUT2D eigenvalue weighted by atomic mass is 28.4. The molecular weight excluding hydrogens is 424 g/mol. The summed E-state index contributed by atoms with van der Waals surface area (Å²) in [5, 5.41) is 11.2. The van der Waals surface area contributed by atoms with E-state index in [0.717, 1.165) is 31.2 Å². The van der Waals surface area contributed by atoms with E-state index in [-0.39, 0.29) is 24.0 Å². The number of aliphatic hydroxyl groups is 1. The summed E-state index contributed by atoms with van der Waals surface area (Å²) < 4.78 is 23.7. The molecule has 0 bridgehead atoms. The number of hydrogen-bond donors (Lipinski definition) is 1. The van der Waals surface area contributed by atoms with E-state index in [1.54, 1.807) is 7.11 Å². The molecule has 32 heavy (non-hydrogen) atoms. The van der Waals surface area contributed by atoms with Crippen molar-refractivity contribution in [3.63, 3.8) is 0 Å². The van der Waals surface area contributed by atoms with Crippen LogP contribution in [0.4, 0.5) is 0 Å². The maximum absolute atomic E-state index is 13.6. The minimum atomic E-state index is -2.07. The zero-order valence-corrected chi connectivity index (χ0v) is 21.5. The average Bonchev–Trinajstić information content (AvgIpc) is 3.16. The van der Waals surface area contributed by atoms with Gasteiger partial charge < -0.3 is 23.7 Å². The van der Waals surface area contributed by atoms with Gasteiger partial charge in [-0.2, -0.15) is 0 Å². The molecule has 1 saturated heterocycles. The number of methoxy groups -OCH3 is 1. The van der Waals surface area contributed by atoms with E-state index in [0.29, 0.717) is 5.75 Å². The number of ether oxygens (including phenoxy) is 3. The fourth-order valence-corrected chi connectivity index (χ4v) is 5.26. The summed E-state index contributed by atoms with van der Waals surface area (Å²) in [7, 11) is -0.471. The van der Waals surface area contributed by atoms with E-state index >= 15 is 0 Å². The summed E-state index contributed by atoms with van der Waals surface area (Å²) in [5.41, 5.74) is 0.732. The molecule has 1 spiro atoms. The van der Waals surface area contributed by atoms with Gasteiger partial charge >= 0.3 is 0 Å². The summed E-state index contributed by atoms with van der Waals surface area (Å²) in [6.07, 6.45) is 3.25. The van der Waals surface area contributed by atoms with Gasteiger partial charge in [0.15, 0.2) is 19.9 Å². The number of rotatable bonds is 8. The van der Waals surface area contributed by atoms with Crippen molar-refractivity contribution in [2.75, 3.05) is 20.3 Å². The van der Waals surface area contributed by atoms with Gasteiger partial charge in [0.1, 0.15) is 11.9 Å². The van der Waals surface area contributed by atoms with Crippen LogP contribution < -0.4 is 4.74 Å². The summed E-state index contributed by atoms with van der Waals surface area (Å²) in [5.74, 6) is -0.832. The monoisotopic (exact) mass is 464 g/mol. The van der Waals surface area contributed by atoms with E-state index in [2.05, 4.69) is 33.9 Å². The lowest BCUT2D eigenvalue weighted by Gasteiger charge is -2.37. The molecular formula is C25H40O6Si. The van der Waals surface area contributed by atoms with Crippen molar-refractivity contribution in [1.82, 2.24) is 0 Å². The molecule has 1 heterocycles. The van der Waals surface area contributed by atoms with Gasteiger partial charge in [0, 0.05) is 12.8 Å². The lowest BCUT2D eigenvalue weighted by atomic mass is 9.87. The van der Waals surface area contributed by atoms with Crippen LogP contribution in [0.25, 0.3) is 0 Å². The van der Waals surface area contributed by atoms with Crippen LogP contribution in [-0.2, 0) is 18.7 Å². The molecule has 180 valence electrons. The van der Waals surface area contributed by atoms with E-state index in [4.69, 9.17) is 18.6 Å². The smallest absolute Gasteiger partial charge is 0.192 e. The number of ketones is 1. The molecule has 0 unspecified atom stereocenters. The van der Waals surface area contributed by atoms with Crippen LogP contribution in [0.5, 0.6) is 5.75 Å². The molecule has 3 atom stereocenters. The van der Waals surface area contributed by atoms with Gasteiger partial charge in [0.25, 0.3) is 0 Å². The number of carbonyl (C=O) groups excluding carboxylic acids is 1. The Hall–Kier alpha value is -1.25. The molecule has 3 rings (SSSR count). The molecule has 0 radical (unpaired) electrons. The highest BCUT2D eigenvalue weighted by molar-refractivity contribution is 6.74. The van der Waals surface area contributed by atoms with Crippen LogP contribution in [-0.4, -0.2) is 57.5 Å². The Morgan fingerprint density at radius 1 is 1.19 bits per heavy atom. The number of carbonyl (C=O) groups is 1. The molecule has 1 aromatic carbocycles. The van der Waals surface area contributed by atoms with Gasteiger partial charge in [-0.1, -0.05) is 39.3 Å². The third-order valence-electron chi connectivity index (χ3n) is 7.37. The van der Waals surface area contributed by atoms with Gasteiger partial charge in [-0.15, -0.1) is 0 Å². The summed E-state index contributed by atoms with van der Waals surface area (Å²) in [4.78, 5) is 13.6. The lowest BCUT2D eigenvalue weighted by molar-refractivity contribution is -0.189. The Kier molecular flexibility index (Phi) is 7.88. The molecule has 1 aromatic rings. The maximum atomic E-state index is 13.6. The van der Waals surface area contributed by atoms with Gasteiger partial charge in [-0.25, -0.2) is 0 Å². The number of hydrogen-bond acceptors (Lipinski definition) is 6. The quantitative estimate of drug-likeness (QED) is 0.557. The number of Topliss-reactive ketones (excluding diaryl/α,β-unsaturated/α-hetero) is 1. The molecule has 6 nitrogen and oxygen atoms in total. The predicted molar refractivity (Wildman–Crippen MR) is 127 cm³/mol. The Labute approximate surface area is 193 Å². The first-order chi connectivity index (χ1) is 15.0. The van der Waals surface area contributed by atoms with Gasteiger partial charge in [0.05, 0.1) is 32.3 Å². The zero-order valence-electron chi connectivity index (χ0n) is 20.5. The minimum absolute atomic E-state index is 0.0160. The normalized spacial score (nSPS) is 23.2. The lowest BCUT2D eigenvalue weighted by Crippen LogP contribution is -2.45. The minimum Gasteiger partial charge on any atom is -0.497 e. The van der Waals surface area contributed by atoms with Crippen molar-refractivity contribution < 1.29 is 28.5 Å². The van der Waals surface area contributed by atoms with Crippen LogP contribution in [0.1, 0.15) is 64.4 Å². The molecule has 2 aliphatic rings. The topological polar surface area (TPSA) is 74.2 Å². The second-order valence-corrected chi connectivity index (χ2v) is 15.5. The standard InChI is InChI=1S/C25H40O6Si/c1-24(2,3)32(5,6)30-16-20(26)22(18-10-12-19(28-4)13-11-18)23(27)21-17-29-25(31-21)14-8-7-9-15-25/h10-13,20-22,26H,7-9,14-17H2,1-6H3/t20-,21-,22+/m0/s1. The van der Waals surface area contributed by atoms with Crippen LogP contribution in [0, 0.1) is 0 Å². The second-order valence-electron chi connectivity index (χ2n) is 10.7. The van der Waals surface area contributed by atoms with E-state index in [9.17, 15) is 9.90 Å². The fourth-order valence-electron chi connectivity index (χ4n) is 4.24. The summed E-state index contributed by atoms with van der Waals surface area (Å²) in [6.45, 7) is 11.1. The van der Waals surface area contributed by atoms with Crippen molar-refractivity contribution in [3.05, 3.63) is 29.8 Å². The number of aliphatic hydroxyl groups excluding tert-OH is 1. The Morgan fingerprint density at radius 2 is 1.81 bits per heavy atom. The van der Waals surface area contributed by atoms with Gasteiger partial charge in [-0.3, -0.25) is 4.79 Å². The van der Waals surface area contributed by atoms with Crippen LogP contribution in [0.15, 0.2) is 24.3 Å². The average molecular weight is 465 g/mol. The third kappa shape index (κ3) is 5.62. The Balaban J connectivity index is 1.79. The highest BCUT2D eigenvalue weighted by Gasteiger charge is 2.47. The Bertz CT molecular complexity index is 764. The number of benzene rings is 1. The molecule has 2 fully saturated rings. The highest BCUT2D eigenvalue weighted by Crippen LogP contribution is 2.40. The second kappa shape index (κ2) is 9.93. The molecule has 1 saturated carbocycles. The maximum Gasteiger partial charge on any atom is 0.192 e. The van der Waals surface area contributed by atoms with Crippen molar-refractivity contribution in [1.29, 1.82) is 0 Å². The molecule has 0 aromatic heterocycles. The van der Waals surface area contributed by atoms with E-state index in [1.807, 2.05) is 24.3 Å². The van der Waals surface area contributed by atoms with Crippen molar-refractivity contribution in [2.24, 2.45) is 0 Å². The molecule has 0 amide bonds. The van der Waals surface area contributed by atoms with E-state index in [1.165, 1.54) is 6.42 Å². The molecule has 1 aliphatic carbocycles. The summed E-state index contributed by atoms with van der Waals surface area (Å²) in [6, 6.07) is 7.30. The first kappa shape index (κ1) is 25.4. The summed E-state index contributed by atoms with van der Waals surface area (Å²) >= 11 is 0. The Morgan fingerprint density at radius 3 is 2.38 bits per heavy atom. The molecule has 1 N–H and O–H groups in total. The van der Waals surface area contributed by atoms with Crippen LogP contribution in [0.3, 0.4) is 0 Å². The van der Waals surface area contributed by atoms with Gasteiger partial charge in [-0.05, 0) is 48.7 Å². The first-order valence-corrected chi connectivity index (χ1v) is 14.7. The molecule has 1 aliphatic heterocycles. The fraction of sp³-hybridized carbons (Fsp3) is 0.720.